The number of nitrogens with one attached hydrogen (secondary N) is 2. The van der Waals surface area contributed by atoms with Crippen LogP contribution in [-0.4, -0.2) is 14.3 Å². The maximum absolute atomic E-state index is 12.7. The number of amides is 1. The van der Waals surface area contributed by atoms with Crippen LogP contribution in [-0.2, 0) is 10.0 Å². The Kier molecular flexibility index (Phi) is 6.48. The largest absolute Gasteiger partial charge is 0.345 e. The van der Waals surface area contributed by atoms with E-state index in [0.717, 1.165) is 16.7 Å². The third kappa shape index (κ3) is 5.01. The first-order valence-electron chi connectivity index (χ1n) is 9.43. The summed E-state index contributed by atoms with van der Waals surface area (Å²) in [5.74, 6) is -0.330. The van der Waals surface area contributed by atoms with Crippen LogP contribution in [0.1, 0.15) is 40.0 Å². The van der Waals surface area contributed by atoms with E-state index in [9.17, 15) is 13.2 Å². The molecule has 0 aliphatic heterocycles. The van der Waals surface area contributed by atoms with Gasteiger partial charge in [-0.05, 0) is 62.2 Å². The molecule has 0 radical (unpaired) electrons. The van der Waals surface area contributed by atoms with Crippen molar-refractivity contribution >= 4 is 33.2 Å². The highest BCUT2D eigenvalue weighted by Crippen LogP contribution is 2.25. The van der Waals surface area contributed by atoms with Gasteiger partial charge in [0.2, 0.25) is 0 Å². The minimum absolute atomic E-state index is 0.151. The summed E-state index contributed by atoms with van der Waals surface area (Å²) in [7, 11) is -3.75. The Bertz CT molecular complexity index is 1180. The summed E-state index contributed by atoms with van der Waals surface area (Å²) in [5.41, 5.74) is 3.62. The van der Waals surface area contributed by atoms with Gasteiger partial charge in [-0.3, -0.25) is 9.52 Å². The summed E-state index contributed by atoms with van der Waals surface area (Å²) in [6.07, 6.45) is 0. The molecule has 2 N–H and O–H groups in total. The third-order valence-corrected chi connectivity index (χ3v) is 6.51. The minimum atomic E-state index is -3.75. The predicted molar refractivity (Wildman–Crippen MR) is 120 cm³/mol. The van der Waals surface area contributed by atoms with Crippen molar-refractivity contribution in [2.75, 3.05) is 4.72 Å². The van der Waals surface area contributed by atoms with Gasteiger partial charge in [-0.25, -0.2) is 8.42 Å². The lowest BCUT2D eigenvalue weighted by Crippen LogP contribution is -2.27. The van der Waals surface area contributed by atoms with Gasteiger partial charge in [0.05, 0.1) is 27.2 Å². The number of halogens is 1. The van der Waals surface area contributed by atoms with Crippen molar-refractivity contribution in [2.45, 2.75) is 31.7 Å². The Morgan fingerprint density at radius 2 is 1.63 bits per heavy atom. The molecule has 7 heteroatoms. The Morgan fingerprint density at radius 3 is 2.27 bits per heavy atom. The molecule has 0 heterocycles. The highest BCUT2D eigenvalue weighted by molar-refractivity contribution is 7.92. The maximum Gasteiger partial charge on any atom is 0.261 e. The highest BCUT2D eigenvalue weighted by Gasteiger charge is 2.18. The number of sulfonamides is 1. The molecule has 30 heavy (non-hydrogen) atoms. The molecule has 0 spiro atoms. The average Bonchev–Trinajstić information content (AvgIpc) is 2.68. The van der Waals surface area contributed by atoms with Gasteiger partial charge in [-0.2, -0.15) is 0 Å². The zero-order chi connectivity index (χ0) is 21.9. The third-order valence-electron chi connectivity index (χ3n) is 4.80. The Morgan fingerprint density at radius 1 is 0.967 bits per heavy atom. The van der Waals surface area contributed by atoms with Gasteiger partial charge in [-0.1, -0.05) is 53.6 Å². The van der Waals surface area contributed by atoms with Crippen molar-refractivity contribution in [3.8, 4) is 0 Å². The molecule has 0 bridgehead atoms. The van der Waals surface area contributed by atoms with E-state index < -0.39 is 10.0 Å². The van der Waals surface area contributed by atoms with E-state index in [1.807, 2.05) is 45.0 Å². The Hall–Kier alpha value is -2.83. The van der Waals surface area contributed by atoms with E-state index >= 15 is 0 Å². The molecule has 1 atom stereocenters. The molecular weight excluding hydrogens is 420 g/mol. The van der Waals surface area contributed by atoms with Crippen LogP contribution in [0.25, 0.3) is 0 Å². The molecule has 5 nitrogen and oxygen atoms in total. The van der Waals surface area contributed by atoms with Crippen molar-refractivity contribution in [3.63, 3.8) is 0 Å². The zero-order valence-corrected chi connectivity index (χ0v) is 18.5. The van der Waals surface area contributed by atoms with Gasteiger partial charge >= 0.3 is 0 Å². The molecule has 0 aliphatic carbocycles. The minimum Gasteiger partial charge on any atom is -0.345 e. The SMILES string of the molecule is Cc1ccc(S(=O)(=O)Nc2ccc(C(=O)N[C@H](C)c3ccccc3C)c(Cl)c2)cc1. The topological polar surface area (TPSA) is 75.3 Å². The molecule has 3 aromatic carbocycles. The van der Waals surface area contributed by atoms with E-state index in [4.69, 9.17) is 11.6 Å². The number of rotatable bonds is 6. The predicted octanol–water partition coefficient (Wildman–Crippen LogP) is 5.25. The van der Waals surface area contributed by atoms with Gasteiger partial charge in [0, 0.05) is 0 Å². The fourth-order valence-electron chi connectivity index (χ4n) is 3.12. The lowest BCUT2D eigenvalue weighted by molar-refractivity contribution is 0.0940. The maximum atomic E-state index is 12.7. The van der Waals surface area contributed by atoms with Crippen molar-refractivity contribution in [2.24, 2.45) is 0 Å². The van der Waals surface area contributed by atoms with Crippen molar-refractivity contribution in [1.82, 2.24) is 5.32 Å². The molecule has 3 aromatic rings. The lowest BCUT2D eigenvalue weighted by Gasteiger charge is -2.17. The van der Waals surface area contributed by atoms with E-state index in [0.29, 0.717) is 0 Å². The average molecular weight is 443 g/mol. The molecule has 0 saturated heterocycles. The van der Waals surface area contributed by atoms with E-state index in [1.54, 1.807) is 12.1 Å². The van der Waals surface area contributed by atoms with Gasteiger partial charge in [0.25, 0.3) is 15.9 Å². The number of hydrogen-bond donors (Lipinski definition) is 2. The second-order valence-electron chi connectivity index (χ2n) is 7.16. The van der Waals surface area contributed by atoms with E-state index in [2.05, 4.69) is 10.0 Å². The smallest absolute Gasteiger partial charge is 0.261 e. The monoisotopic (exact) mass is 442 g/mol. The number of hydrogen-bond acceptors (Lipinski definition) is 3. The number of anilines is 1. The highest BCUT2D eigenvalue weighted by atomic mass is 35.5. The second kappa shape index (κ2) is 8.90. The molecule has 0 aromatic heterocycles. The van der Waals surface area contributed by atoms with Gasteiger partial charge in [0.15, 0.2) is 0 Å². The van der Waals surface area contributed by atoms with Crippen LogP contribution >= 0.6 is 11.6 Å². The molecule has 3 rings (SSSR count). The Balaban J connectivity index is 1.75. The van der Waals surface area contributed by atoms with Crippen LogP contribution in [0.4, 0.5) is 5.69 Å². The van der Waals surface area contributed by atoms with Gasteiger partial charge < -0.3 is 5.32 Å². The molecule has 0 fully saturated rings. The van der Waals surface area contributed by atoms with Crippen molar-refractivity contribution in [3.05, 3.63) is 94.0 Å². The summed E-state index contributed by atoms with van der Waals surface area (Å²) in [5, 5.41) is 3.09. The van der Waals surface area contributed by atoms with Crippen LogP contribution < -0.4 is 10.0 Å². The molecule has 0 aliphatic rings. The van der Waals surface area contributed by atoms with Crippen molar-refractivity contribution < 1.29 is 13.2 Å². The van der Waals surface area contributed by atoms with E-state index in [1.165, 1.54) is 30.3 Å². The van der Waals surface area contributed by atoms with Crippen LogP contribution in [0.2, 0.25) is 5.02 Å². The normalized spacial score (nSPS) is 12.3. The number of benzene rings is 3. The first kappa shape index (κ1) is 21.9. The van der Waals surface area contributed by atoms with Crippen LogP contribution in [0.15, 0.2) is 71.6 Å². The standard InChI is InChI=1S/C23H23ClN2O3S/c1-15-8-11-19(12-9-15)30(28,29)26-18-10-13-21(22(24)14-18)23(27)25-17(3)20-7-5-4-6-16(20)2/h4-14,17,26H,1-3H3,(H,25,27)/t17-/m1/s1. The summed E-state index contributed by atoms with van der Waals surface area (Å²) < 4.78 is 27.6. The molecule has 0 saturated carbocycles. The summed E-state index contributed by atoms with van der Waals surface area (Å²) in [4.78, 5) is 12.8. The number of carbonyl (C=O) groups excluding carboxylic acids is 1. The Labute approximate surface area is 182 Å². The van der Waals surface area contributed by atoms with Crippen molar-refractivity contribution in [1.29, 1.82) is 0 Å². The number of aryl methyl sites for hydroxylation is 2. The second-order valence-corrected chi connectivity index (χ2v) is 9.25. The first-order valence-corrected chi connectivity index (χ1v) is 11.3. The van der Waals surface area contributed by atoms with Gasteiger partial charge in [-0.15, -0.1) is 0 Å². The molecule has 0 unspecified atom stereocenters. The molecular formula is C23H23ClN2O3S. The summed E-state index contributed by atoms with van der Waals surface area (Å²) in [6.45, 7) is 5.77. The van der Waals surface area contributed by atoms with Crippen LogP contribution in [0.3, 0.4) is 0 Å². The fraction of sp³-hybridized carbons (Fsp3) is 0.174. The first-order chi connectivity index (χ1) is 14.2. The quantitative estimate of drug-likeness (QED) is 0.547. The summed E-state index contributed by atoms with van der Waals surface area (Å²) in [6, 6.07) is 18.6. The van der Waals surface area contributed by atoms with E-state index in [-0.39, 0.29) is 33.1 Å². The van der Waals surface area contributed by atoms with Gasteiger partial charge in [0.1, 0.15) is 0 Å². The molecule has 1 amide bonds. The lowest BCUT2D eigenvalue weighted by atomic mass is 10.0. The fourth-order valence-corrected chi connectivity index (χ4v) is 4.43. The van der Waals surface area contributed by atoms with Crippen LogP contribution in [0.5, 0.6) is 0 Å². The van der Waals surface area contributed by atoms with Crippen LogP contribution in [0, 0.1) is 13.8 Å². The number of carbonyl (C=O) groups is 1. The zero-order valence-electron chi connectivity index (χ0n) is 16.9. The molecule has 156 valence electrons. The summed E-state index contributed by atoms with van der Waals surface area (Å²) >= 11 is 6.28.